The van der Waals surface area contributed by atoms with Crippen LogP contribution in [-0.4, -0.2) is 24.3 Å². The molecule has 1 rings (SSSR count). The molecule has 1 aliphatic heterocycles. The molecule has 0 aromatic carbocycles. The fourth-order valence-electron chi connectivity index (χ4n) is 0.848. The Morgan fingerprint density at radius 3 is 2.22 bits per heavy atom. The highest BCUT2D eigenvalue weighted by molar-refractivity contribution is 7.92. The van der Waals surface area contributed by atoms with Crippen molar-refractivity contribution in [1.29, 1.82) is 0 Å². The van der Waals surface area contributed by atoms with Crippen LogP contribution in [0.3, 0.4) is 0 Å². The molecule has 0 amide bonds. The molecule has 3 N–H and O–H groups in total. The van der Waals surface area contributed by atoms with Crippen molar-refractivity contribution in [2.45, 2.75) is 17.9 Å². The van der Waals surface area contributed by atoms with Crippen molar-refractivity contribution in [1.82, 2.24) is 0 Å². The van der Waals surface area contributed by atoms with E-state index in [-0.39, 0.29) is 12.2 Å². The highest BCUT2D eigenvalue weighted by atomic mass is 32.2. The summed E-state index contributed by atoms with van der Waals surface area (Å²) in [6.07, 6.45) is 0.630. The summed E-state index contributed by atoms with van der Waals surface area (Å²) in [4.78, 5) is 0. The number of hydrogen-bond acceptors (Lipinski definition) is 4. The summed E-state index contributed by atoms with van der Waals surface area (Å²) in [6, 6.07) is 0. The fourth-order valence-corrected chi connectivity index (χ4v) is 2.18. The van der Waals surface area contributed by atoms with Crippen LogP contribution in [-0.2, 0) is 9.84 Å². The first kappa shape index (κ1) is 6.98. The highest BCUT2D eigenvalue weighted by Gasteiger charge is 2.42. The molecule has 0 bridgehead atoms. The van der Waals surface area contributed by atoms with Crippen molar-refractivity contribution in [2.75, 3.05) is 5.75 Å². The monoisotopic (exact) mass is 151 g/mol. The summed E-state index contributed by atoms with van der Waals surface area (Å²) >= 11 is 0. The lowest BCUT2D eigenvalue weighted by atomic mass is 10.3. The predicted molar refractivity (Wildman–Crippen MR) is 32.2 cm³/mol. The lowest BCUT2D eigenvalue weighted by molar-refractivity contribution is 0.131. The molecule has 9 heavy (non-hydrogen) atoms. The third-order valence-corrected chi connectivity index (χ3v) is 3.59. The second-order valence-electron chi connectivity index (χ2n) is 2.27. The normalized spacial score (nSPS) is 41.1. The van der Waals surface area contributed by atoms with Crippen molar-refractivity contribution in [3.8, 4) is 0 Å². The van der Waals surface area contributed by atoms with Crippen LogP contribution < -0.4 is 5.73 Å². The van der Waals surface area contributed by atoms with Crippen molar-refractivity contribution in [3.05, 3.63) is 0 Å². The van der Waals surface area contributed by atoms with Gasteiger partial charge in [0.15, 0.2) is 9.84 Å². The van der Waals surface area contributed by atoms with Crippen LogP contribution in [0.25, 0.3) is 0 Å². The molecule has 0 saturated carbocycles. The summed E-state index contributed by atoms with van der Waals surface area (Å²) in [5.74, 6) is 0.0139. The summed E-state index contributed by atoms with van der Waals surface area (Å²) in [6.45, 7) is 0. The Morgan fingerprint density at radius 2 is 2.11 bits per heavy atom. The van der Waals surface area contributed by atoms with Gasteiger partial charge in [-0.05, 0) is 6.42 Å². The third-order valence-electron chi connectivity index (χ3n) is 1.49. The maximum absolute atomic E-state index is 10.7. The summed E-state index contributed by atoms with van der Waals surface area (Å²) in [5.41, 5.74) is 5.02. The molecule has 5 heteroatoms. The van der Waals surface area contributed by atoms with Gasteiger partial charge in [0.1, 0.15) is 0 Å². The quantitative estimate of drug-likeness (QED) is 0.426. The van der Waals surface area contributed by atoms with E-state index < -0.39 is 14.9 Å². The first-order chi connectivity index (χ1) is 3.96. The Balaban J connectivity index is 3.03. The van der Waals surface area contributed by atoms with Gasteiger partial charge in [-0.25, -0.2) is 8.42 Å². The van der Waals surface area contributed by atoms with Gasteiger partial charge in [0.05, 0.1) is 5.75 Å². The Bertz CT molecular complexity index is 206. The molecule has 0 aromatic rings. The van der Waals surface area contributed by atoms with E-state index in [0.717, 1.165) is 0 Å². The zero-order valence-electron chi connectivity index (χ0n) is 4.87. The van der Waals surface area contributed by atoms with Crippen molar-refractivity contribution >= 4 is 9.84 Å². The summed E-state index contributed by atoms with van der Waals surface area (Å²) in [5, 5.41) is 6.97. The van der Waals surface area contributed by atoms with E-state index in [1.54, 1.807) is 0 Å². The first-order valence-corrected chi connectivity index (χ1v) is 4.34. The number of sulfone groups is 1. The summed E-state index contributed by atoms with van der Waals surface area (Å²) < 4.78 is 21.4. The van der Waals surface area contributed by atoms with E-state index in [0.29, 0.717) is 6.42 Å². The SMILES string of the molecule is NC1(O)CCCS1(=O)=O. The highest BCUT2D eigenvalue weighted by Crippen LogP contribution is 2.23. The first-order valence-electron chi connectivity index (χ1n) is 2.69. The van der Waals surface area contributed by atoms with Gasteiger partial charge in [-0.2, -0.15) is 0 Å². The minimum Gasteiger partial charge on any atom is -0.363 e. The molecule has 1 fully saturated rings. The van der Waals surface area contributed by atoms with Gasteiger partial charge in [-0.1, -0.05) is 0 Å². The van der Waals surface area contributed by atoms with Crippen molar-refractivity contribution in [3.63, 3.8) is 0 Å². The molecule has 0 aromatic heterocycles. The van der Waals surface area contributed by atoms with Gasteiger partial charge in [-0.3, -0.25) is 5.73 Å². The number of hydrogen-bond donors (Lipinski definition) is 2. The molecular weight excluding hydrogens is 142 g/mol. The molecule has 1 atom stereocenters. The molecular formula is C4H9NO3S. The zero-order chi connectivity index (χ0) is 7.12. The van der Waals surface area contributed by atoms with Gasteiger partial charge in [0.25, 0.3) is 0 Å². The average Bonchev–Trinajstić information content (AvgIpc) is 1.81. The van der Waals surface area contributed by atoms with Crippen LogP contribution >= 0.6 is 0 Å². The lowest BCUT2D eigenvalue weighted by Gasteiger charge is -2.13. The van der Waals surface area contributed by atoms with E-state index in [1.807, 2.05) is 0 Å². The van der Waals surface area contributed by atoms with E-state index in [9.17, 15) is 8.42 Å². The van der Waals surface area contributed by atoms with Gasteiger partial charge in [0.2, 0.25) is 5.06 Å². The molecule has 0 spiro atoms. The van der Waals surface area contributed by atoms with Gasteiger partial charge >= 0.3 is 0 Å². The molecule has 4 nitrogen and oxygen atoms in total. The molecule has 0 aliphatic carbocycles. The molecule has 1 heterocycles. The summed E-state index contributed by atoms with van der Waals surface area (Å²) in [7, 11) is -3.39. The van der Waals surface area contributed by atoms with E-state index in [1.165, 1.54) is 0 Å². The lowest BCUT2D eigenvalue weighted by Crippen LogP contribution is -2.43. The number of nitrogens with two attached hydrogens (primary N) is 1. The second-order valence-corrected chi connectivity index (χ2v) is 4.61. The van der Waals surface area contributed by atoms with Gasteiger partial charge in [0, 0.05) is 6.42 Å². The van der Waals surface area contributed by atoms with Crippen molar-refractivity contribution < 1.29 is 13.5 Å². The van der Waals surface area contributed by atoms with Crippen LogP contribution in [0.2, 0.25) is 0 Å². The van der Waals surface area contributed by atoms with E-state index in [4.69, 9.17) is 10.8 Å². The van der Waals surface area contributed by atoms with E-state index in [2.05, 4.69) is 0 Å². The molecule has 54 valence electrons. The smallest absolute Gasteiger partial charge is 0.217 e. The average molecular weight is 151 g/mol. The Morgan fingerprint density at radius 1 is 1.56 bits per heavy atom. The molecule has 1 unspecified atom stereocenters. The van der Waals surface area contributed by atoms with Crippen LogP contribution in [0.15, 0.2) is 0 Å². The van der Waals surface area contributed by atoms with Crippen LogP contribution in [0, 0.1) is 0 Å². The maximum Gasteiger partial charge on any atom is 0.217 e. The molecule has 1 aliphatic rings. The van der Waals surface area contributed by atoms with Crippen LogP contribution in [0.1, 0.15) is 12.8 Å². The fraction of sp³-hybridized carbons (Fsp3) is 1.00. The second kappa shape index (κ2) is 1.68. The topological polar surface area (TPSA) is 80.4 Å². The third kappa shape index (κ3) is 0.953. The van der Waals surface area contributed by atoms with E-state index >= 15 is 0 Å². The minimum atomic E-state index is -3.39. The maximum atomic E-state index is 10.7. The van der Waals surface area contributed by atoms with Crippen molar-refractivity contribution in [2.24, 2.45) is 5.73 Å². The zero-order valence-corrected chi connectivity index (χ0v) is 5.69. The van der Waals surface area contributed by atoms with Gasteiger partial charge in [-0.15, -0.1) is 0 Å². The Kier molecular flexibility index (Phi) is 1.30. The Labute approximate surface area is 53.6 Å². The van der Waals surface area contributed by atoms with Crippen LogP contribution in [0.5, 0.6) is 0 Å². The number of rotatable bonds is 0. The van der Waals surface area contributed by atoms with Gasteiger partial charge < -0.3 is 5.11 Å². The standard InChI is InChI=1S/C4H9NO3S/c5-4(6)2-1-3-9(4,7)8/h6H,1-3,5H2. The van der Waals surface area contributed by atoms with Crippen LogP contribution in [0.4, 0.5) is 0 Å². The molecule has 0 radical (unpaired) electrons. The predicted octanol–water partition coefficient (Wildman–Crippen LogP) is -1.20. The minimum absolute atomic E-state index is 0.0139. The number of aliphatic hydroxyl groups is 1. The Hall–Kier alpha value is -0.130. The molecule has 1 saturated heterocycles. The largest absolute Gasteiger partial charge is 0.363 e.